The summed E-state index contributed by atoms with van der Waals surface area (Å²) >= 11 is 3.37. The van der Waals surface area contributed by atoms with Crippen molar-refractivity contribution in [2.75, 3.05) is 0 Å². The first kappa shape index (κ1) is 11.0. The van der Waals surface area contributed by atoms with Gasteiger partial charge in [0.2, 0.25) is 0 Å². The van der Waals surface area contributed by atoms with Crippen molar-refractivity contribution in [2.45, 2.75) is 6.92 Å². The van der Waals surface area contributed by atoms with E-state index in [2.05, 4.69) is 25.9 Å². The monoisotopic (exact) mass is 276 g/mol. The van der Waals surface area contributed by atoms with Gasteiger partial charge in [0.25, 0.3) is 0 Å². The van der Waals surface area contributed by atoms with Gasteiger partial charge in [-0.15, -0.1) is 0 Å². The zero-order valence-electron chi connectivity index (χ0n) is 8.64. The number of aryl methyl sites for hydroxylation is 1. The van der Waals surface area contributed by atoms with Crippen molar-refractivity contribution >= 4 is 21.7 Å². The van der Waals surface area contributed by atoms with Gasteiger partial charge in [0.15, 0.2) is 5.78 Å². The highest BCUT2D eigenvalue weighted by molar-refractivity contribution is 9.10. The predicted octanol–water partition coefficient (Wildman–Crippen LogP) is 2.78. The molecule has 1 aromatic heterocycles. The highest BCUT2D eigenvalue weighted by Gasteiger charge is 2.11. The highest BCUT2D eigenvalue weighted by Crippen LogP contribution is 2.18. The van der Waals surface area contributed by atoms with E-state index in [-0.39, 0.29) is 5.78 Å². The predicted molar refractivity (Wildman–Crippen MR) is 64.3 cm³/mol. The second-order valence-corrected chi connectivity index (χ2v) is 4.33. The van der Waals surface area contributed by atoms with Crippen molar-refractivity contribution < 1.29 is 4.79 Å². The molecule has 1 aromatic carbocycles. The summed E-state index contributed by atoms with van der Waals surface area (Å²) < 4.78 is 0.964. The second kappa shape index (κ2) is 4.53. The minimum absolute atomic E-state index is 0.0504. The number of hydrogen-bond donors (Lipinski definition) is 0. The smallest absolute Gasteiger partial charge is 0.196 e. The van der Waals surface area contributed by atoms with Crippen LogP contribution in [0.1, 0.15) is 21.5 Å². The van der Waals surface area contributed by atoms with Gasteiger partial charge in [-0.1, -0.05) is 15.9 Å². The molecule has 0 radical (unpaired) electrons. The van der Waals surface area contributed by atoms with E-state index in [1.165, 1.54) is 18.7 Å². The molecule has 0 N–H and O–H groups in total. The topological polar surface area (TPSA) is 42.9 Å². The summed E-state index contributed by atoms with van der Waals surface area (Å²) in [5, 5.41) is 0. The molecule has 4 heteroatoms. The fraction of sp³-hybridized carbons (Fsp3) is 0.0833. The normalized spacial score (nSPS) is 10.1. The molecule has 3 nitrogen and oxygen atoms in total. The average molecular weight is 277 g/mol. The van der Waals surface area contributed by atoms with E-state index in [0.717, 1.165) is 10.0 Å². The Morgan fingerprint density at radius 2 is 1.94 bits per heavy atom. The highest BCUT2D eigenvalue weighted by atomic mass is 79.9. The Labute approximate surface area is 102 Å². The van der Waals surface area contributed by atoms with E-state index in [0.29, 0.717) is 11.1 Å². The van der Waals surface area contributed by atoms with Crippen LogP contribution in [0.3, 0.4) is 0 Å². The minimum atomic E-state index is -0.0504. The third kappa shape index (κ3) is 2.17. The molecule has 0 spiro atoms. The van der Waals surface area contributed by atoms with Crippen LogP contribution >= 0.6 is 15.9 Å². The zero-order valence-corrected chi connectivity index (χ0v) is 10.2. The number of benzene rings is 1. The molecule has 0 atom stereocenters. The first-order valence-corrected chi connectivity index (χ1v) is 5.53. The largest absolute Gasteiger partial charge is 0.288 e. The van der Waals surface area contributed by atoms with Gasteiger partial charge in [-0.3, -0.25) is 4.79 Å². The maximum Gasteiger partial charge on any atom is 0.196 e. The van der Waals surface area contributed by atoms with Gasteiger partial charge in [0.05, 0.1) is 5.56 Å². The lowest BCUT2D eigenvalue weighted by Gasteiger charge is -2.04. The number of nitrogens with zero attached hydrogens (tertiary/aromatic N) is 2. The van der Waals surface area contributed by atoms with Crippen LogP contribution in [0.4, 0.5) is 0 Å². The number of ketones is 1. The summed E-state index contributed by atoms with van der Waals surface area (Å²) in [5.74, 6) is -0.0504. The third-order valence-electron chi connectivity index (χ3n) is 2.26. The molecule has 0 amide bonds. The summed E-state index contributed by atoms with van der Waals surface area (Å²) in [7, 11) is 0. The van der Waals surface area contributed by atoms with Crippen LogP contribution in [0.5, 0.6) is 0 Å². The number of hydrogen-bond acceptors (Lipinski definition) is 3. The Kier molecular flexibility index (Phi) is 3.10. The summed E-state index contributed by atoms with van der Waals surface area (Å²) in [5.41, 5.74) is 2.12. The van der Waals surface area contributed by atoms with Gasteiger partial charge < -0.3 is 0 Å². The quantitative estimate of drug-likeness (QED) is 0.793. The SMILES string of the molecule is Cc1cc(Br)ccc1C(=O)c1cncnc1. The molecular weight excluding hydrogens is 268 g/mol. The van der Waals surface area contributed by atoms with E-state index in [4.69, 9.17) is 0 Å². The molecule has 0 unspecified atom stereocenters. The van der Waals surface area contributed by atoms with Gasteiger partial charge >= 0.3 is 0 Å². The van der Waals surface area contributed by atoms with Gasteiger partial charge in [-0.25, -0.2) is 9.97 Å². The molecule has 0 aliphatic rings. The molecule has 1 heterocycles. The minimum Gasteiger partial charge on any atom is -0.288 e. The molecule has 2 aromatic rings. The third-order valence-corrected chi connectivity index (χ3v) is 2.75. The Hall–Kier alpha value is -1.55. The summed E-state index contributed by atoms with van der Waals surface area (Å²) in [6.07, 6.45) is 4.46. The van der Waals surface area contributed by atoms with Crippen molar-refractivity contribution in [2.24, 2.45) is 0 Å². The first-order chi connectivity index (χ1) is 7.68. The van der Waals surface area contributed by atoms with Crippen LogP contribution in [0, 0.1) is 6.92 Å². The van der Waals surface area contributed by atoms with Crippen LogP contribution in [0.15, 0.2) is 41.4 Å². The Morgan fingerprint density at radius 3 is 2.56 bits per heavy atom. The molecule has 0 saturated heterocycles. The van der Waals surface area contributed by atoms with Gasteiger partial charge in [0, 0.05) is 22.4 Å². The number of aromatic nitrogens is 2. The Bertz CT molecular complexity index is 526. The average Bonchev–Trinajstić information content (AvgIpc) is 2.29. The molecule has 80 valence electrons. The van der Waals surface area contributed by atoms with Crippen LogP contribution in [-0.2, 0) is 0 Å². The maximum atomic E-state index is 12.1. The summed E-state index contributed by atoms with van der Waals surface area (Å²) in [6.45, 7) is 1.90. The molecule has 0 aliphatic heterocycles. The number of carbonyl (C=O) groups excluding carboxylic acids is 1. The lowest BCUT2D eigenvalue weighted by molar-refractivity contribution is 0.103. The molecular formula is C12H9BrN2O. The molecule has 2 rings (SSSR count). The van der Waals surface area contributed by atoms with Gasteiger partial charge in [-0.05, 0) is 30.7 Å². The van der Waals surface area contributed by atoms with Crippen molar-refractivity contribution in [3.8, 4) is 0 Å². The Balaban J connectivity index is 2.42. The molecule has 16 heavy (non-hydrogen) atoms. The molecule has 0 saturated carbocycles. The first-order valence-electron chi connectivity index (χ1n) is 4.74. The molecule has 0 aliphatic carbocycles. The van der Waals surface area contributed by atoms with E-state index in [1.54, 1.807) is 6.07 Å². The standard InChI is InChI=1S/C12H9BrN2O/c1-8-4-10(13)2-3-11(8)12(16)9-5-14-7-15-6-9/h2-7H,1H3. The number of halogens is 1. The lowest BCUT2D eigenvalue weighted by Crippen LogP contribution is -2.04. The van der Waals surface area contributed by atoms with Crippen molar-refractivity contribution in [3.63, 3.8) is 0 Å². The fourth-order valence-electron chi connectivity index (χ4n) is 1.45. The zero-order chi connectivity index (χ0) is 11.5. The van der Waals surface area contributed by atoms with Crippen LogP contribution in [0.2, 0.25) is 0 Å². The molecule has 0 fully saturated rings. The van der Waals surface area contributed by atoms with E-state index >= 15 is 0 Å². The lowest BCUT2D eigenvalue weighted by atomic mass is 10.0. The van der Waals surface area contributed by atoms with Gasteiger partial charge in [-0.2, -0.15) is 0 Å². The number of rotatable bonds is 2. The fourth-order valence-corrected chi connectivity index (χ4v) is 1.93. The van der Waals surface area contributed by atoms with E-state index in [1.807, 2.05) is 19.1 Å². The van der Waals surface area contributed by atoms with Crippen LogP contribution in [0.25, 0.3) is 0 Å². The van der Waals surface area contributed by atoms with E-state index in [9.17, 15) is 4.79 Å². The second-order valence-electron chi connectivity index (χ2n) is 3.42. The maximum absolute atomic E-state index is 12.1. The Morgan fingerprint density at radius 1 is 1.25 bits per heavy atom. The number of carbonyl (C=O) groups is 1. The van der Waals surface area contributed by atoms with Crippen molar-refractivity contribution in [1.29, 1.82) is 0 Å². The van der Waals surface area contributed by atoms with Crippen molar-refractivity contribution in [1.82, 2.24) is 9.97 Å². The van der Waals surface area contributed by atoms with Crippen LogP contribution < -0.4 is 0 Å². The van der Waals surface area contributed by atoms with Gasteiger partial charge in [0.1, 0.15) is 6.33 Å². The van der Waals surface area contributed by atoms with Crippen molar-refractivity contribution in [3.05, 3.63) is 58.1 Å². The van der Waals surface area contributed by atoms with E-state index < -0.39 is 0 Å². The summed E-state index contributed by atoms with van der Waals surface area (Å²) in [4.78, 5) is 19.8. The van der Waals surface area contributed by atoms with Crippen LogP contribution in [-0.4, -0.2) is 15.8 Å². The summed E-state index contributed by atoms with van der Waals surface area (Å²) in [6, 6.07) is 5.57. The molecule has 0 bridgehead atoms.